The number of hydrogen-bond donors (Lipinski definition) is 2. The zero-order chi connectivity index (χ0) is 17.6. The minimum Gasteiger partial charge on any atom is -0.361 e. The van der Waals surface area contributed by atoms with Gasteiger partial charge in [0.15, 0.2) is 0 Å². The van der Waals surface area contributed by atoms with Crippen LogP contribution in [0.3, 0.4) is 0 Å². The Morgan fingerprint density at radius 2 is 1.80 bits per heavy atom. The van der Waals surface area contributed by atoms with Gasteiger partial charge in [0.05, 0.1) is 4.92 Å². The first kappa shape index (κ1) is 17.1. The van der Waals surface area contributed by atoms with Gasteiger partial charge < -0.3 is 10.6 Å². The molecule has 132 valence electrons. The zero-order valence-corrected chi connectivity index (χ0v) is 14.2. The maximum atomic E-state index is 11.7. The fourth-order valence-corrected chi connectivity index (χ4v) is 3.09. The van der Waals surface area contributed by atoms with Crippen molar-refractivity contribution < 1.29 is 4.92 Å². The van der Waals surface area contributed by atoms with Gasteiger partial charge in [0.1, 0.15) is 12.1 Å². The summed E-state index contributed by atoms with van der Waals surface area (Å²) in [4.78, 5) is 23.6. The van der Waals surface area contributed by atoms with Crippen LogP contribution in [0.25, 0.3) is 0 Å². The van der Waals surface area contributed by atoms with E-state index in [0.717, 1.165) is 31.2 Å². The zero-order valence-electron chi connectivity index (χ0n) is 14.2. The van der Waals surface area contributed by atoms with Crippen molar-refractivity contribution in [3.05, 3.63) is 40.3 Å². The molecule has 2 heterocycles. The van der Waals surface area contributed by atoms with Gasteiger partial charge in [0.2, 0.25) is 11.6 Å². The lowest BCUT2D eigenvalue weighted by Gasteiger charge is -2.17. The Balaban J connectivity index is 1.88. The highest BCUT2D eigenvalue weighted by Gasteiger charge is 2.25. The molecule has 0 radical (unpaired) electrons. The molecule has 0 bridgehead atoms. The fraction of sp³-hybridized carbons (Fsp3) is 0.471. The van der Waals surface area contributed by atoms with Gasteiger partial charge >= 0.3 is 5.69 Å². The minimum atomic E-state index is -0.445. The molecule has 0 aliphatic heterocycles. The van der Waals surface area contributed by atoms with Gasteiger partial charge in [0, 0.05) is 12.2 Å². The second kappa shape index (κ2) is 7.87. The van der Waals surface area contributed by atoms with Gasteiger partial charge in [-0.25, -0.2) is 15.0 Å². The fourth-order valence-electron chi connectivity index (χ4n) is 3.09. The number of aromatic nitrogens is 3. The molecule has 1 fully saturated rings. The quantitative estimate of drug-likeness (QED) is 0.481. The van der Waals surface area contributed by atoms with Crippen LogP contribution in [0.15, 0.2) is 24.7 Å². The van der Waals surface area contributed by atoms with Crippen LogP contribution in [0.1, 0.15) is 44.1 Å². The van der Waals surface area contributed by atoms with Gasteiger partial charge in [-0.1, -0.05) is 31.7 Å². The number of nitro groups is 1. The van der Waals surface area contributed by atoms with Crippen molar-refractivity contribution in [1.29, 1.82) is 0 Å². The summed E-state index contributed by atoms with van der Waals surface area (Å²) in [5, 5.41) is 17.9. The molecule has 0 saturated heterocycles. The van der Waals surface area contributed by atoms with Crippen LogP contribution in [-0.4, -0.2) is 25.9 Å². The molecule has 25 heavy (non-hydrogen) atoms. The van der Waals surface area contributed by atoms with Crippen molar-refractivity contribution in [2.24, 2.45) is 0 Å². The second-order valence-electron chi connectivity index (χ2n) is 6.30. The molecule has 8 nitrogen and oxygen atoms in total. The highest BCUT2D eigenvalue weighted by Crippen LogP contribution is 2.33. The van der Waals surface area contributed by atoms with Gasteiger partial charge in [0.25, 0.3) is 0 Å². The van der Waals surface area contributed by atoms with Crippen molar-refractivity contribution in [1.82, 2.24) is 15.0 Å². The number of pyridine rings is 1. The number of rotatable bonds is 5. The molecule has 0 aromatic carbocycles. The van der Waals surface area contributed by atoms with Gasteiger partial charge in [-0.2, -0.15) is 0 Å². The maximum absolute atomic E-state index is 11.7. The van der Waals surface area contributed by atoms with E-state index in [4.69, 9.17) is 0 Å². The van der Waals surface area contributed by atoms with E-state index in [-0.39, 0.29) is 23.4 Å². The molecule has 2 aromatic heterocycles. The summed E-state index contributed by atoms with van der Waals surface area (Å²) in [6.45, 7) is 1.88. The van der Waals surface area contributed by atoms with Crippen molar-refractivity contribution >= 4 is 23.1 Å². The lowest BCUT2D eigenvalue weighted by molar-refractivity contribution is -0.383. The van der Waals surface area contributed by atoms with E-state index < -0.39 is 4.92 Å². The van der Waals surface area contributed by atoms with Crippen LogP contribution >= 0.6 is 0 Å². The normalized spacial score (nSPS) is 15.4. The van der Waals surface area contributed by atoms with E-state index in [1.54, 1.807) is 6.20 Å². The summed E-state index contributed by atoms with van der Waals surface area (Å²) in [6.07, 6.45) is 9.68. The Morgan fingerprint density at radius 3 is 2.48 bits per heavy atom. The molecule has 0 unspecified atom stereocenters. The first-order valence-corrected chi connectivity index (χ1v) is 8.59. The van der Waals surface area contributed by atoms with Crippen LogP contribution < -0.4 is 10.6 Å². The average molecular weight is 342 g/mol. The molecule has 1 aliphatic rings. The van der Waals surface area contributed by atoms with Gasteiger partial charge in [-0.15, -0.1) is 0 Å². The van der Waals surface area contributed by atoms with E-state index in [2.05, 4.69) is 25.6 Å². The second-order valence-corrected chi connectivity index (χ2v) is 6.30. The SMILES string of the molecule is Cc1cccnc1Nc1ncnc(NC2CCCCCC2)c1[N+](=O)[O-]. The van der Waals surface area contributed by atoms with Gasteiger partial charge in [-0.3, -0.25) is 10.1 Å². The van der Waals surface area contributed by atoms with E-state index in [1.807, 2.05) is 19.1 Å². The smallest absolute Gasteiger partial charge is 0.353 e. The summed E-state index contributed by atoms with van der Waals surface area (Å²) in [5.74, 6) is 0.964. The van der Waals surface area contributed by atoms with E-state index in [0.29, 0.717) is 5.82 Å². The van der Waals surface area contributed by atoms with Gasteiger partial charge in [-0.05, 0) is 31.4 Å². The standard InChI is InChI=1S/C17H22N6O2/c1-12-7-6-10-18-15(12)22-17-14(23(24)25)16(19-11-20-17)21-13-8-4-2-3-5-9-13/h6-7,10-11,13H,2-5,8-9H2,1H3,(H2,18,19,20,21,22). The number of nitrogens with zero attached hydrogens (tertiary/aromatic N) is 4. The van der Waals surface area contributed by atoms with Crippen molar-refractivity contribution in [3.8, 4) is 0 Å². The third-order valence-electron chi connectivity index (χ3n) is 4.45. The van der Waals surface area contributed by atoms with Crippen LogP contribution in [0.5, 0.6) is 0 Å². The summed E-state index contributed by atoms with van der Waals surface area (Å²) in [6, 6.07) is 3.90. The lowest BCUT2D eigenvalue weighted by Crippen LogP contribution is -2.20. The first-order chi connectivity index (χ1) is 12.1. The van der Waals surface area contributed by atoms with Crippen LogP contribution in [0.4, 0.5) is 23.1 Å². The molecule has 1 saturated carbocycles. The molecule has 2 N–H and O–H groups in total. The Kier molecular flexibility index (Phi) is 5.37. The predicted octanol–water partition coefficient (Wildman–Crippen LogP) is 3.97. The topological polar surface area (TPSA) is 106 Å². The predicted molar refractivity (Wildman–Crippen MR) is 96.1 cm³/mol. The van der Waals surface area contributed by atoms with Crippen molar-refractivity contribution in [3.63, 3.8) is 0 Å². The summed E-state index contributed by atoms with van der Waals surface area (Å²) < 4.78 is 0. The molecule has 2 aromatic rings. The summed E-state index contributed by atoms with van der Waals surface area (Å²) in [7, 11) is 0. The monoisotopic (exact) mass is 342 g/mol. The highest BCUT2D eigenvalue weighted by molar-refractivity contribution is 5.73. The molecule has 0 spiro atoms. The molecule has 1 aliphatic carbocycles. The number of nitrogens with one attached hydrogen (secondary N) is 2. The minimum absolute atomic E-state index is 0.142. The highest BCUT2D eigenvalue weighted by atomic mass is 16.6. The van der Waals surface area contributed by atoms with Crippen LogP contribution in [0.2, 0.25) is 0 Å². The van der Waals surface area contributed by atoms with E-state index >= 15 is 0 Å². The molecule has 0 atom stereocenters. The molecule has 8 heteroatoms. The lowest BCUT2D eigenvalue weighted by atomic mass is 10.1. The Labute approximate surface area is 146 Å². The average Bonchev–Trinajstić information content (AvgIpc) is 2.85. The Bertz CT molecular complexity index is 744. The third kappa shape index (κ3) is 4.20. The Hall–Kier alpha value is -2.77. The van der Waals surface area contributed by atoms with Crippen LogP contribution in [0, 0.1) is 17.0 Å². The number of hydrogen-bond acceptors (Lipinski definition) is 7. The van der Waals surface area contributed by atoms with Crippen LogP contribution in [-0.2, 0) is 0 Å². The molecular weight excluding hydrogens is 320 g/mol. The van der Waals surface area contributed by atoms with Crippen molar-refractivity contribution in [2.75, 3.05) is 10.6 Å². The number of aryl methyl sites for hydroxylation is 1. The Morgan fingerprint density at radius 1 is 1.08 bits per heavy atom. The molecule has 3 rings (SSSR count). The largest absolute Gasteiger partial charge is 0.361 e. The van der Waals surface area contributed by atoms with Crippen molar-refractivity contribution in [2.45, 2.75) is 51.5 Å². The maximum Gasteiger partial charge on any atom is 0.353 e. The third-order valence-corrected chi connectivity index (χ3v) is 4.45. The number of anilines is 3. The van der Waals surface area contributed by atoms with E-state index in [1.165, 1.54) is 19.2 Å². The molecule has 0 amide bonds. The summed E-state index contributed by atoms with van der Waals surface area (Å²) in [5.41, 5.74) is 0.741. The summed E-state index contributed by atoms with van der Waals surface area (Å²) >= 11 is 0. The first-order valence-electron chi connectivity index (χ1n) is 8.59. The van der Waals surface area contributed by atoms with E-state index in [9.17, 15) is 10.1 Å². The molecular formula is C17H22N6O2.